The number of esters is 1. The Hall–Kier alpha value is -2.44. The normalized spacial score (nSPS) is 14.7. The molecule has 0 saturated heterocycles. The molecule has 0 atom stereocenters. The van der Waals surface area contributed by atoms with Crippen LogP contribution in [0.1, 0.15) is 31.2 Å². The number of ether oxygens (including phenoxy) is 1. The fraction of sp³-hybridized carbons (Fsp3) is 0.438. The Kier molecular flexibility index (Phi) is 6.50. The van der Waals surface area contributed by atoms with Crippen LogP contribution in [0.5, 0.6) is 0 Å². The summed E-state index contributed by atoms with van der Waals surface area (Å²) in [5, 5.41) is 11.7. The van der Waals surface area contributed by atoms with Crippen LogP contribution in [0.4, 0.5) is 0 Å². The van der Waals surface area contributed by atoms with E-state index in [0.717, 1.165) is 25.7 Å². The number of sulfonamides is 1. The second-order valence-corrected chi connectivity index (χ2v) is 7.38. The minimum atomic E-state index is -4.03. The van der Waals surface area contributed by atoms with Crippen molar-refractivity contribution < 1.29 is 22.7 Å². The lowest BCUT2D eigenvalue weighted by atomic mass is 10.2. The molecule has 1 aromatic carbocycles. The molecule has 0 unspecified atom stereocenters. The Bertz CT molecular complexity index is 779. The van der Waals surface area contributed by atoms with E-state index >= 15 is 0 Å². The molecule has 9 heteroatoms. The molecule has 1 aliphatic rings. The van der Waals surface area contributed by atoms with Crippen LogP contribution in [-0.4, -0.2) is 39.5 Å². The van der Waals surface area contributed by atoms with Crippen LogP contribution >= 0.6 is 0 Å². The fourth-order valence-corrected chi connectivity index (χ4v) is 3.69. The van der Waals surface area contributed by atoms with Crippen molar-refractivity contribution in [3.63, 3.8) is 0 Å². The first kappa shape index (κ1) is 18.9. The van der Waals surface area contributed by atoms with Gasteiger partial charge in [0.05, 0.1) is 10.5 Å². The van der Waals surface area contributed by atoms with Crippen LogP contribution in [-0.2, 0) is 24.3 Å². The summed E-state index contributed by atoms with van der Waals surface area (Å²) < 4.78 is 31.1. The highest BCUT2D eigenvalue weighted by molar-refractivity contribution is 7.89. The van der Waals surface area contributed by atoms with Crippen molar-refractivity contribution in [1.82, 2.24) is 10.0 Å². The van der Waals surface area contributed by atoms with E-state index in [9.17, 15) is 18.0 Å². The Morgan fingerprint density at radius 3 is 2.60 bits per heavy atom. The van der Waals surface area contributed by atoms with Crippen LogP contribution in [0.15, 0.2) is 29.2 Å². The van der Waals surface area contributed by atoms with E-state index < -0.39 is 35.1 Å². The molecule has 2 rings (SSSR count). The number of hydrogen-bond donors (Lipinski definition) is 2. The maximum atomic E-state index is 12.1. The monoisotopic (exact) mass is 365 g/mol. The van der Waals surface area contributed by atoms with Gasteiger partial charge in [0.25, 0.3) is 5.91 Å². The summed E-state index contributed by atoms with van der Waals surface area (Å²) in [7, 11) is -4.03. The maximum absolute atomic E-state index is 12.1. The Morgan fingerprint density at radius 1 is 1.24 bits per heavy atom. The van der Waals surface area contributed by atoms with Crippen LogP contribution in [0.2, 0.25) is 0 Å². The van der Waals surface area contributed by atoms with Crippen molar-refractivity contribution in [3.8, 4) is 6.07 Å². The van der Waals surface area contributed by atoms with Gasteiger partial charge in [-0.3, -0.25) is 9.59 Å². The molecule has 134 valence electrons. The van der Waals surface area contributed by atoms with Gasteiger partial charge in [0.15, 0.2) is 6.61 Å². The van der Waals surface area contributed by atoms with Crippen molar-refractivity contribution in [1.29, 1.82) is 5.26 Å². The van der Waals surface area contributed by atoms with Crippen molar-refractivity contribution in [2.45, 2.75) is 36.6 Å². The van der Waals surface area contributed by atoms with Gasteiger partial charge in [-0.05, 0) is 25.0 Å². The smallest absolute Gasteiger partial charge is 0.321 e. The van der Waals surface area contributed by atoms with E-state index in [-0.39, 0.29) is 16.5 Å². The third-order valence-corrected chi connectivity index (χ3v) is 5.25. The number of rotatable bonds is 7. The summed E-state index contributed by atoms with van der Waals surface area (Å²) in [5.41, 5.74) is -0.0284. The van der Waals surface area contributed by atoms with Gasteiger partial charge in [0.2, 0.25) is 10.0 Å². The molecule has 2 N–H and O–H groups in total. The number of carbonyl (C=O) groups is 2. The van der Waals surface area contributed by atoms with Gasteiger partial charge in [-0.2, -0.15) is 9.98 Å². The summed E-state index contributed by atoms with van der Waals surface area (Å²) in [5.74, 6) is -1.28. The standard InChI is InChI=1S/C16H19N3O5S/c17-9-12-5-1-4-8-14(12)25(22,23)18-10-16(21)24-11-15(20)19-13-6-2-3-7-13/h1,4-5,8,13,18H,2-3,6-7,10-11H2,(H,19,20). The van der Waals surface area contributed by atoms with Gasteiger partial charge in [-0.25, -0.2) is 8.42 Å². The molecule has 0 bridgehead atoms. The zero-order valence-corrected chi connectivity index (χ0v) is 14.3. The highest BCUT2D eigenvalue weighted by Gasteiger charge is 2.21. The molecule has 1 amide bonds. The van der Waals surface area contributed by atoms with E-state index in [2.05, 4.69) is 10.0 Å². The molecule has 25 heavy (non-hydrogen) atoms. The van der Waals surface area contributed by atoms with E-state index in [1.807, 2.05) is 0 Å². The predicted molar refractivity (Wildman–Crippen MR) is 87.7 cm³/mol. The van der Waals surface area contributed by atoms with E-state index in [1.54, 1.807) is 6.07 Å². The number of hydrogen-bond acceptors (Lipinski definition) is 6. The molecular formula is C16H19N3O5S. The third-order valence-electron chi connectivity index (χ3n) is 3.79. The lowest BCUT2D eigenvalue weighted by Crippen LogP contribution is -2.37. The molecule has 0 radical (unpaired) electrons. The van der Waals surface area contributed by atoms with Gasteiger partial charge >= 0.3 is 5.97 Å². The minimum absolute atomic E-state index is 0.0284. The van der Waals surface area contributed by atoms with Crippen molar-refractivity contribution in [2.24, 2.45) is 0 Å². The number of carbonyl (C=O) groups excluding carboxylic acids is 2. The number of benzene rings is 1. The molecule has 1 aromatic rings. The summed E-state index contributed by atoms with van der Waals surface area (Å²) in [6.07, 6.45) is 3.96. The first-order valence-corrected chi connectivity index (χ1v) is 9.34. The van der Waals surface area contributed by atoms with Gasteiger partial charge in [0, 0.05) is 6.04 Å². The lowest BCUT2D eigenvalue weighted by Gasteiger charge is -2.12. The first-order valence-electron chi connectivity index (χ1n) is 7.86. The van der Waals surface area contributed by atoms with E-state index in [1.165, 1.54) is 24.3 Å². The second-order valence-electron chi connectivity index (χ2n) is 5.64. The Balaban J connectivity index is 1.80. The summed E-state index contributed by atoms with van der Waals surface area (Å²) in [6, 6.07) is 7.53. The number of nitrogens with one attached hydrogen (secondary N) is 2. The van der Waals surface area contributed by atoms with Gasteiger partial charge in [0.1, 0.15) is 12.6 Å². The zero-order valence-electron chi connectivity index (χ0n) is 13.5. The minimum Gasteiger partial charge on any atom is -0.455 e. The molecule has 1 saturated carbocycles. The van der Waals surface area contributed by atoms with Crippen LogP contribution in [0.3, 0.4) is 0 Å². The highest BCUT2D eigenvalue weighted by atomic mass is 32.2. The van der Waals surface area contributed by atoms with Gasteiger partial charge in [-0.15, -0.1) is 0 Å². The summed E-state index contributed by atoms with van der Waals surface area (Å²) in [6.45, 7) is -1.08. The van der Waals surface area contributed by atoms with Crippen LogP contribution in [0, 0.1) is 11.3 Å². The molecule has 0 aliphatic heterocycles. The molecular weight excluding hydrogens is 346 g/mol. The quantitative estimate of drug-likeness (QED) is 0.675. The number of amides is 1. The molecule has 0 spiro atoms. The van der Waals surface area contributed by atoms with Gasteiger partial charge in [-0.1, -0.05) is 25.0 Å². The van der Waals surface area contributed by atoms with E-state index in [0.29, 0.717) is 0 Å². The number of nitrogens with zero attached hydrogens (tertiary/aromatic N) is 1. The highest BCUT2D eigenvalue weighted by Crippen LogP contribution is 2.17. The van der Waals surface area contributed by atoms with Gasteiger partial charge < -0.3 is 10.1 Å². The molecule has 8 nitrogen and oxygen atoms in total. The molecule has 1 fully saturated rings. The van der Waals surface area contributed by atoms with Crippen molar-refractivity contribution in [3.05, 3.63) is 29.8 Å². The zero-order chi connectivity index (χ0) is 18.3. The topological polar surface area (TPSA) is 125 Å². The molecule has 0 heterocycles. The molecule has 0 aromatic heterocycles. The first-order chi connectivity index (χ1) is 11.9. The van der Waals surface area contributed by atoms with Crippen molar-refractivity contribution >= 4 is 21.9 Å². The third kappa shape index (κ3) is 5.55. The fourth-order valence-electron chi connectivity index (χ4n) is 2.56. The summed E-state index contributed by atoms with van der Waals surface area (Å²) >= 11 is 0. The van der Waals surface area contributed by atoms with Crippen LogP contribution < -0.4 is 10.0 Å². The Morgan fingerprint density at radius 2 is 1.92 bits per heavy atom. The SMILES string of the molecule is N#Cc1ccccc1S(=O)(=O)NCC(=O)OCC(=O)NC1CCCC1. The average molecular weight is 365 g/mol. The van der Waals surface area contributed by atoms with Crippen LogP contribution in [0.25, 0.3) is 0 Å². The Labute approximate surface area is 146 Å². The maximum Gasteiger partial charge on any atom is 0.321 e. The summed E-state index contributed by atoms with van der Waals surface area (Å²) in [4.78, 5) is 23.1. The largest absolute Gasteiger partial charge is 0.455 e. The van der Waals surface area contributed by atoms with Crippen molar-refractivity contribution in [2.75, 3.05) is 13.2 Å². The predicted octanol–water partition coefficient (Wildman–Crippen LogP) is 0.439. The average Bonchev–Trinajstić information content (AvgIpc) is 3.11. The van der Waals surface area contributed by atoms with E-state index in [4.69, 9.17) is 10.00 Å². The second kappa shape index (κ2) is 8.60. The lowest BCUT2D eigenvalue weighted by molar-refractivity contribution is -0.147. The number of nitriles is 1. The molecule has 1 aliphatic carbocycles.